The Morgan fingerprint density at radius 1 is 1.25 bits per heavy atom. The van der Waals surface area contributed by atoms with Gasteiger partial charge in [0.1, 0.15) is 5.82 Å². The summed E-state index contributed by atoms with van der Waals surface area (Å²) in [6.07, 6.45) is 0.361. The van der Waals surface area contributed by atoms with Crippen LogP contribution in [0.1, 0.15) is 19.8 Å². The fourth-order valence-electron chi connectivity index (χ4n) is 2.71. The number of carbonyl (C=O) groups is 2. The molecule has 1 heterocycles. The second-order valence-corrected chi connectivity index (χ2v) is 9.61. The van der Waals surface area contributed by atoms with E-state index in [0.29, 0.717) is 12.1 Å². The molecule has 2 aromatic carbocycles. The predicted octanol–water partition coefficient (Wildman–Crippen LogP) is 3.45. The summed E-state index contributed by atoms with van der Waals surface area (Å²) in [6.45, 7) is 1.91. The first-order chi connectivity index (χ1) is 13.3. The van der Waals surface area contributed by atoms with Crippen molar-refractivity contribution >= 4 is 44.8 Å². The van der Waals surface area contributed by atoms with Crippen molar-refractivity contribution in [1.82, 2.24) is 0 Å². The summed E-state index contributed by atoms with van der Waals surface area (Å²) in [5, 5.41) is 4.90. The fraction of sp³-hybridized carbons (Fsp3) is 0.263. The Hall–Kier alpha value is -2.39. The minimum absolute atomic E-state index is 0.00361. The SMILES string of the molecule is CC[C@H]1Sc2ccc(S(=O)(=O)CCC(=O)Nc3ccccc3F)cc2NC1=O. The number of carbonyl (C=O) groups excluding carboxylic acids is 2. The van der Waals surface area contributed by atoms with E-state index in [-0.39, 0.29) is 28.2 Å². The summed E-state index contributed by atoms with van der Waals surface area (Å²) in [5.74, 6) is -1.77. The highest BCUT2D eigenvalue weighted by atomic mass is 32.2. The van der Waals surface area contributed by atoms with E-state index in [1.54, 1.807) is 12.1 Å². The molecular weight excluding hydrogens is 403 g/mol. The van der Waals surface area contributed by atoms with Gasteiger partial charge < -0.3 is 10.6 Å². The van der Waals surface area contributed by atoms with Gasteiger partial charge in [-0.15, -0.1) is 11.8 Å². The zero-order valence-corrected chi connectivity index (χ0v) is 16.7. The molecule has 0 radical (unpaired) electrons. The molecule has 2 aromatic rings. The number of benzene rings is 2. The molecule has 3 rings (SSSR count). The number of hydrogen-bond acceptors (Lipinski definition) is 5. The Morgan fingerprint density at radius 2 is 2.00 bits per heavy atom. The molecule has 0 aliphatic carbocycles. The van der Waals surface area contributed by atoms with Crippen LogP contribution < -0.4 is 10.6 Å². The highest BCUT2D eigenvalue weighted by Crippen LogP contribution is 2.38. The molecule has 6 nitrogen and oxygen atoms in total. The third-order valence-electron chi connectivity index (χ3n) is 4.25. The number of fused-ring (bicyclic) bond motifs is 1. The van der Waals surface area contributed by atoms with Gasteiger partial charge in [-0.2, -0.15) is 0 Å². The number of amides is 2. The number of halogens is 1. The second-order valence-electron chi connectivity index (χ2n) is 6.26. The lowest BCUT2D eigenvalue weighted by molar-refractivity contribution is -0.116. The number of rotatable bonds is 6. The third-order valence-corrected chi connectivity index (χ3v) is 7.40. The number of hydrogen-bond donors (Lipinski definition) is 2. The van der Waals surface area contributed by atoms with Crippen LogP contribution in [-0.2, 0) is 19.4 Å². The number of sulfone groups is 1. The summed E-state index contributed by atoms with van der Waals surface area (Å²) in [5.41, 5.74) is 0.459. The maximum atomic E-state index is 13.6. The Bertz CT molecular complexity index is 1020. The van der Waals surface area contributed by atoms with Gasteiger partial charge in [0.05, 0.1) is 27.3 Å². The molecule has 0 aromatic heterocycles. The molecule has 0 bridgehead atoms. The predicted molar refractivity (Wildman–Crippen MR) is 107 cm³/mol. The molecule has 0 saturated carbocycles. The van der Waals surface area contributed by atoms with Crippen molar-refractivity contribution in [1.29, 1.82) is 0 Å². The normalized spacial score (nSPS) is 16.2. The fourth-order valence-corrected chi connectivity index (χ4v) is 5.00. The molecule has 0 spiro atoms. The molecule has 0 unspecified atom stereocenters. The van der Waals surface area contributed by atoms with E-state index in [1.165, 1.54) is 42.1 Å². The molecule has 2 N–H and O–H groups in total. The summed E-state index contributed by atoms with van der Waals surface area (Å²) >= 11 is 1.40. The molecular formula is C19H19FN2O4S2. The topological polar surface area (TPSA) is 92.3 Å². The molecule has 0 fully saturated rings. The van der Waals surface area contributed by atoms with Gasteiger partial charge in [-0.05, 0) is 36.8 Å². The van der Waals surface area contributed by atoms with Crippen molar-refractivity contribution in [2.45, 2.75) is 34.8 Å². The highest BCUT2D eigenvalue weighted by molar-refractivity contribution is 8.01. The van der Waals surface area contributed by atoms with Gasteiger partial charge in [0.25, 0.3) is 0 Å². The van der Waals surface area contributed by atoms with Crippen molar-refractivity contribution < 1.29 is 22.4 Å². The van der Waals surface area contributed by atoms with E-state index >= 15 is 0 Å². The Kier molecular flexibility index (Phi) is 6.04. The first-order valence-corrected chi connectivity index (χ1v) is 11.2. The van der Waals surface area contributed by atoms with E-state index in [0.717, 1.165) is 4.90 Å². The van der Waals surface area contributed by atoms with E-state index in [2.05, 4.69) is 10.6 Å². The maximum Gasteiger partial charge on any atom is 0.237 e. The van der Waals surface area contributed by atoms with Crippen LogP contribution in [0, 0.1) is 5.82 Å². The Balaban J connectivity index is 1.68. The van der Waals surface area contributed by atoms with Crippen LogP contribution in [0.25, 0.3) is 0 Å². The van der Waals surface area contributed by atoms with E-state index in [4.69, 9.17) is 0 Å². The smallest absolute Gasteiger partial charge is 0.237 e. The summed E-state index contributed by atoms with van der Waals surface area (Å²) < 4.78 is 38.7. The second kappa shape index (κ2) is 8.32. The summed E-state index contributed by atoms with van der Waals surface area (Å²) in [4.78, 5) is 24.8. The Labute approximate surface area is 166 Å². The largest absolute Gasteiger partial charge is 0.324 e. The lowest BCUT2D eigenvalue weighted by Gasteiger charge is -2.23. The van der Waals surface area contributed by atoms with E-state index in [9.17, 15) is 22.4 Å². The summed E-state index contributed by atoms with van der Waals surface area (Å²) in [6, 6.07) is 10.2. The molecule has 0 saturated heterocycles. The average Bonchev–Trinajstić information content (AvgIpc) is 2.67. The minimum Gasteiger partial charge on any atom is -0.324 e. The molecule has 9 heteroatoms. The monoisotopic (exact) mass is 422 g/mol. The lowest BCUT2D eigenvalue weighted by atomic mass is 10.2. The van der Waals surface area contributed by atoms with Crippen molar-refractivity contribution in [2.75, 3.05) is 16.4 Å². The van der Waals surface area contributed by atoms with Gasteiger partial charge >= 0.3 is 0 Å². The standard InChI is InChI=1S/C19H19FN2O4S2/c1-2-16-19(24)22-15-11-12(7-8-17(15)27-16)28(25,26)10-9-18(23)21-14-6-4-3-5-13(14)20/h3-8,11,16H,2,9-10H2,1H3,(H,21,23)(H,22,24)/t16-/m1/s1. The third kappa shape index (κ3) is 4.53. The summed E-state index contributed by atoms with van der Waals surface area (Å²) in [7, 11) is -3.74. The molecule has 2 amide bonds. The van der Waals surface area contributed by atoms with Gasteiger partial charge in [0, 0.05) is 11.3 Å². The van der Waals surface area contributed by atoms with Gasteiger partial charge in [-0.3, -0.25) is 9.59 Å². The quantitative estimate of drug-likeness (QED) is 0.744. The van der Waals surface area contributed by atoms with Crippen LogP contribution in [0.15, 0.2) is 52.3 Å². The first kappa shape index (κ1) is 20.3. The molecule has 28 heavy (non-hydrogen) atoms. The van der Waals surface area contributed by atoms with Gasteiger partial charge in [0.2, 0.25) is 11.8 Å². The average molecular weight is 423 g/mol. The highest BCUT2D eigenvalue weighted by Gasteiger charge is 2.27. The zero-order valence-electron chi connectivity index (χ0n) is 15.1. The minimum atomic E-state index is -3.74. The first-order valence-electron chi connectivity index (χ1n) is 8.69. The van der Waals surface area contributed by atoms with Crippen LogP contribution in [0.3, 0.4) is 0 Å². The molecule has 1 aliphatic rings. The van der Waals surface area contributed by atoms with Gasteiger partial charge in [-0.25, -0.2) is 12.8 Å². The van der Waals surface area contributed by atoms with Crippen LogP contribution >= 0.6 is 11.8 Å². The van der Waals surface area contributed by atoms with E-state index < -0.39 is 27.3 Å². The van der Waals surface area contributed by atoms with Gasteiger partial charge in [-0.1, -0.05) is 19.1 Å². The lowest BCUT2D eigenvalue weighted by Crippen LogP contribution is -2.28. The zero-order chi connectivity index (χ0) is 20.3. The van der Waals surface area contributed by atoms with Crippen molar-refractivity contribution in [3.05, 3.63) is 48.3 Å². The van der Waals surface area contributed by atoms with Crippen LogP contribution in [-0.4, -0.2) is 31.2 Å². The number of nitrogens with one attached hydrogen (secondary N) is 2. The molecule has 148 valence electrons. The van der Waals surface area contributed by atoms with E-state index in [1.807, 2.05) is 6.92 Å². The molecule has 1 aliphatic heterocycles. The van der Waals surface area contributed by atoms with Crippen molar-refractivity contribution in [3.63, 3.8) is 0 Å². The van der Waals surface area contributed by atoms with Gasteiger partial charge in [0.15, 0.2) is 9.84 Å². The van der Waals surface area contributed by atoms with Crippen molar-refractivity contribution in [2.24, 2.45) is 0 Å². The van der Waals surface area contributed by atoms with Crippen LogP contribution in [0.4, 0.5) is 15.8 Å². The van der Waals surface area contributed by atoms with Crippen LogP contribution in [0.2, 0.25) is 0 Å². The number of para-hydroxylation sites is 1. The Morgan fingerprint density at radius 3 is 2.71 bits per heavy atom. The van der Waals surface area contributed by atoms with Crippen molar-refractivity contribution in [3.8, 4) is 0 Å². The number of thioether (sulfide) groups is 1. The van der Waals surface area contributed by atoms with Crippen LogP contribution in [0.5, 0.6) is 0 Å². The maximum absolute atomic E-state index is 13.6. The molecule has 1 atom stereocenters. The number of anilines is 2.